The molecule has 5 heteroatoms. The number of aromatic nitrogens is 2. The molecule has 0 unspecified atom stereocenters. The van der Waals surface area contributed by atoms with Gasteiger partial charge in [-0.25, -0.2) is 0 Å². The van der Waals surface area contributed by atoms with Crippen molar-refractivity contribution in [3.8, 4) is 0 Å². The molecule has 0 radical (unpaired) electrons. The van der Waals surface area contributed by atoms with Crippen molar-refractivity contribution in [2.75, 3.05) is 5.32 Å². The third-order valence-corrected chi connectivity index (χ3v) is 3.72. The van der Waals surface area contributed by atoms with Crippen LogP contribution >= 0.6 is 11.6 Å². The molecule has 0 aliphatic rings. The molecule has 1 aromatic carbocycles. The second-order valence-electron chi connectivity index (χ2n) is 4.81. The number of carbonyl (C=O) groups is 1. The Bertz CT molecular complexity index is 634. The van der Waals surface area contributed by atoms with Crippen molar-refractivity contribution in [1.82, 2.24) is 9.78 Å². The Hall–Kier alpha value is -1.81. The standard InChI is InChI=1S/C15H18ClN3O/c1-10-15(11(2)19(3)18-10)17-14(20)9-8-12-6-4-5-7-13(12)16/h4-7H,8-9H2,1-3H3,(H,17,20). The van der Waals surface area contributed by atoms with Crippen LogP contribution in [-0.2, 0) is 18.3 Å². The number of benzene rings is 1. The summed E-state index contributed by atoms with van der Waals surface area (Å²) in [7, 11) is 1.86. The van der Waals surface area contributed by atoms with Crippen LogP contribution in [0.4, 0.5) is 5.69 Å². The Morgan fingerprint density at radius 1 is 1.35 bits per heavy atom. The molecule has 0 aliphatic heterocycles. The minimum absolute atomic E-state index is 0.0240. The summed E-state index contributed by atoms with van der Waals surface area (Å²) in [4.78, 5) is 12.0. The SMILES string of the molecule is Cc1nn(C)c(C)c1NC(=O)CCc1ccccc1Cl. The van der Waals surface area contributed by atoms with Crippen molar-refractivity contribution in [2.45, 2.75) is 26.7 Å². The minimum Gasteiger partial charge on any atom is -0.323 e. The van der Waals surface area contributed by atoms with E-state index in [1.807, 2.05) is 45.2 Å². The molecule has 0 spiro atoms. The quantitative estimate of drug-likeness (QED) is 0.940. The maximum Gasteiger partial charge on any atom is 0.224 e. The number of halogens is 1. The average molecular weight is 292 g/mol. The summed E-state index contributed by atoms with van der Waals surface area (Å²) in [6.45, 7) is 3.82. The largest absolute Gasteiger partial charge is 0.323 e. The fourth-order valence-corrected chi connectivity index (χ4v) is 2.34. The van der Waals surface area contributed by atoms with Crippen LogP contribution in [0.15, 0.2) is 24.3 Å². The molecule has 0 fully saturated rings. The lowest BCUT2D eigenvalue weighted by molar-refractivity contribution is -0.116. The van der Waals surface area contributed by atoms with E-state index in [2.05, 4.69) is 10.4 Å². The normalized spacial score (nSPS) is 10.6. The number of anilines is 1. The Morgan fingerprint density at radius 2 is 2.05 bits per heavy atom. The number of hydrogen-bond donors (Lipinski definition) is 1. The molecular weight excluding hydrogens is 274 g/mol. The second-order valence-corrected chi connectivity index (χ2v) is 5.22. The number of rotatable bonds is 4. The Kier molecular flexibility index (Phi) is 4.45. The van der Waals surface area contributed by atoms with Gasteiger partial charge in [-0.05, 0) is 31.9 Å². The summed E-state index contributed by atoms with van der Waals surface area (Å²) in [5.74, 6) is -0.0240. The fourth-order valence-electron chi connectivity index (χ4n) is 2.11. The van der Waals surface area contributed by atoms with Gasteiger partial charge in [-0.1, -0.05) is 29.8 Å². The van der Waals surface area contributed by atoms with Crippen LogP contribution in [-0.4, -0.2) is 15.7 Å². The lowest BCUT2D eigenvalue weighted by atomic mass is 10.1. The summed E-state index contributed by atoms with van der Waals surface area (Å²) in [6, 6.07) is 7.59. The van der Waals surface area contributed by atoms with Gasteiger partial charge in [0.25, 0.3) is 0 Å². The topological polar surface area (TPSA) is 46.9 Å². The van der Waals surface area contributed by atoms with Crippen molar-refractivity contribution >= 4 is 23.2 Å². The monoisotopic (exact) mass is 291 g/mol. The van der Waals surface area contributed by atoms with Gasteiger partial charge in [-0.2, -0.15) is 5.10 Å². The fraction of sp³-hybridized carbons (Fsp3) is 0.333. The molecular formula is C15H18ClN3O. The third kappa shape index (κ3) is 3.20. The predicted molar refractivity (Wildman–Crippen MR) is 81.1 cm³/mol. The summed E-state index contributed by atoms with van der Waals surface area (Å²) in [6.07, 6.45) is 1.03. The van der Waals surface area contributed by atoms with Gasteiger partial charge in [0.2, 0.25) is 5.91 Å². The first kappa shape index (κ1) is 14.6. The van der Waals surface area contributed by atoms with Crippen LogP contribution in [0.25, 0.3) is 0 Å². The van der Waals surface area contributed by atoms with Crippen LogP contribution in [0.3, 0.4) is 0 Å². The number of hydrogen-bond acceptors (Lipinski definition) is 2. The van der Waals surface area contributed by atoms with Crippen LogP contribution in [0.5, 0.6) is 0 Å². The van der Waals surface area contributed by atoms with Gasteiger partial charge in [0.05, 0.1) is 17.1 Å². The molecule has 2 rings (SSSR count). The second kappa shape index (κ2) is 6.09. The van der Waals surface area contributed by atoms with Crippen LogP contribution < -0.4 is 5.32 Å². The molecule has 1 N–H and O–H groups in total. The van der Waals surface area contributed by atoms with E-state index in [0.29, 0.717) is 17.9 Å². The molecule has 0 bridgehead atoms. The van der Waals surface area contributed by atoms with Crippen molar-refractivity contribution in [2.24, 2.45) is 7.05 Å². The molecule has 0 saturated carbocycles. The highest BCUT2D eigenvalue weighted by Crippen LogP contribution is 2.20. The zero-order chi connectivity index (χ0) is 14.7. The highest BCUT2D eigenvalue weighted by Gasteiger charge is 2.12. The summed E-state index contributed by atoms with van der Waals surface area (Å²) < 4.78 is 1.76. The first-order valence-corrected chi connectivity index (χ1v) is 6.90. The highest BCUT2D eigenvalue weighted by molar-refractivity contribution is 6.31. The van der Waals surface area contributed by atoms with E-state index in [9.17, 15) is 4.79 Å². The van der Waals surface area contributed by atoms with Crippen LogP contribution in [0.1, 0.15) is 23.4 Å². The summed E-state index contributed by atoms with van der Waals surface area (Å²) in [5, 5.41) is 7.90. The van der Waals surface area contributed by atoms with Crippen LogP contribution in [0.2, 0.25) is 5.02 Å². The van der Waals surface area contributed by atoms with E-state index in [-0.39, 0.29) is 5.91 Å². The molecule has 0 saturated heterocycles. The molecule has 1 aromatic heterocycles. The van der Waals surface area contributed by atoms with Crippen molar-refractivity contribution in [3.63, 3.8) is 0 Å². The van der Waals surface area contributed by atoms with Crippen molar-refractivity contribution in [3.05, 3.63) is 46.2 Å². The number of nitrogens with one attached hydrogen (secondary N) is 1. The summed E-state index contributed by atoms with van der Waals surface area (Å²) >= 11 is 6.08. The predicted octanol–water partition coefficient (Wildman–Crippen LogP) is 3.26. The third-order valence-electron chi connectivity index (χ3n) is 3.35. The molecule has 1 amide bonds. The van der Waals surface area contributed by atoms with E-state index >= 15 is 0 Å². The first-order chi connectivity index (χ1) is 9.49. The maximum atomic E-state index is 12.0. The van der Waals surface area contributed by atoms with Crippen molar-refractivity contribution in [1.29, 1.82) is 0 Å². The zero-order valence-corrected chi connectivity index (χ0v) is 12.7. The Balaban J connectivity index is 1.98. The average Bonchev–Trinajstić information content (AvgIpc) is 2.64. The smallest absolute Gasteiger partial charge is 0.224 e. The number of nitrogens with zero attached hydrogens (tertiary/aromatic N) is 2. The molecule has 0 atom stereocenters. The summed E-state index contributed by atoms with van der Waals surface area (Å²) in [5.41, 5.74) is 3.57. The van der Waals surface area contributed by atoms with E-state index in [1.54, 1.807) is 4.68 Å². The lowest BCUT2D eigenvalue weighted by Crippen LogP contribution is -2.13. The molecule has 4 nitrogen and oxygen atoms in total. The van der Waals surface area contributed by atoms with E-state index < -0.39 is 0 Å². The molecule has 0 aliphatic carbocycles. The van der Waals surface area contributed by atoms with Gasteiger partial charge in [-0.15, -0.1) is 0 Å². The van der Waals surface area contributed by atoms with Gasteiger partial charge in [0.1, 0.15) is 0 Å². The molecule has 1 heterocycles. The number of amides is 1. The van der Waals surface area contributed by atoms with Gasteiger partial charge >= 0.3 is 0 Å². The number of aryl methyl sites for hydroxylation is 3. The lowest BCUT2D eigenvalue weighted by Gasteiger charge is -2.06. The number of carbonyl (C=O) groups excluding carboxylic acids is 1. The highest BCUT2D eigenvalue weighted by atomic mass is 35.5. The van der Waals surface area contributed by atoms with E-state index in [0.717, 1.165) is 22.6 Å². The first-order valence-electron chi connectivity index (χ1n) is 6.52. The van der Waals surface area contributed by atoms with Crippen molar-refractivity contribution < 1.29 is 4.79 Å². The van der Waals surface area contributed by atoms with E-state index in [4.69, 9.17) is 11.6 Å². The van der Waals surface area contributed by atoms with E-state index in [1.165, 1.54) is 0 Å². The van der Waals surface area contributed by atoms with Gasteiger partial charge in [0.15, 0.2) is 0 Å². The molecule has 106 valence electrons. The van der Waals surface area contributed by atoms with Gasteiger partial charge in [-0.3, -0.25) is 9.48 Å². The zero-order valence-electron chi connectivity index (χ0n) is 11.9. The molecule has 2 aromatic rings. The van der Waals surface area contributed by atoms with Gasteiger partial charge in [0, 0.05) is 18.5 Å². The Morgan fingerprint density at radius 3 is 2.65 bits per heavy atom. The van der Waals surface area contributed by atoms with Crippen LogP contribution in [0, 0.1) is 13.8 Å². The van der Waals surface area contributed by atoms with Gasteiger partial charge < -0.3 is 5.32 Å². The molecule has 20 heavy (non-hydrogen) atoms. The maximum absolute atomic E-state index is 12.0. The Labute approximate surface area is 123 Å². The minimum atomic E-state index is -0.0240.